The minimum absolute atomic E-state index is 0.167. The molecule has 4 rings (SSSR count). The standard InChI is InChI=1S/C22H29N3O2/c1-14-5-6-15(2)21-20(14)18(16(3)23-21)13-19(26)24-9-4-10-25(12-11-24)22(27)17-7-8-17/h5-6,17,23H,4,7-13H2,1-3H3. The van der Waals surface area contributed by atoms with Crippen molar-refractivity contribution in [3.63, 3.8) is 0 Å². The fourth-order valence-corrected chi connectivity index (χ4v) is 4.27. The first-order chi connectivity index (χ1) is 13.0. The fourth-order valence-electron chi connectivity index (χ4n) is 4.27. The van der Waals surface area contributed by atoms with Crippen molar-refractivity contribution in [1.29, 1.82) is 0 Å². The number of rotatable bonds is 3. The molecule has 0 atom stereocenters. The second kappa shape index (κ2) is 7.02. The molecule has 2 aliphatic rings. The summed E-state index contributed by atoms with van der Waals surface area (Å²) in [5.74, 6) is 0.718. The molecule has 0 unspecified atom stereocenters. The summed E-state index contributed by atoms with van der Waals surface area (Å²) in [6.07, 6.45) is 3.37. The average Bonchev–Trinajstić information content (AvgIpc) is 3.46. The Balaban J connectivity index is 1.49. The largest absolute Gasteiger partial charge is 0.358 e. The maximum atomic E-state index is 13.0. The monoisotopic (exact) mass is 367 g/mol. The van der Waals surface area contributed by atoms with Crippen LogP contribution in [0.15, 0.2) is 12.1 Å². The summed E-state index contributed by atoms with van der Waals surface area (Å²) >= 11 is 0. The molecule has 1 saturated heterocycles. The quantitative estimate of drug-likeness (QED) is 0.906. The lowest BCUT2D eigenvalue weighted by atomic mass is 10.0. The van der Waals surface area contributed by atoms with E-state index in [0.29, 0.717) is 25.4 Å². The molecule has 1 saturated carbocycles. The molecule has 2 amide bonds. The molecule has 1 aliphatic carbocycles. The number of hydrogen-bond donors (Lipinski definition) is 1. The third-order valence-electron chi connectivity index (χ3n) is 6.10. The molecule has 2 aromatic rings. The molecule has 2 heterocycles. The molecule has 0 radical (unpaired) electrons. The first-order valence-electron chi connectivity index (χ1n) is 10.1. The van der Waals surface area contributed by atoms with Crippen LogP contribution in [0.5, 0.6) is 0 Å². The SMILES string of the molecule is Cc1[nH]c2c(C)ccc(C)c2c1CC(=O)N1CCCN(C(=O)C2CC2)CC1. The Kier molecular flexibility index (Phi) is 4.70. The molecule has 0 spiro atoms. The van der Waals surface area contributed by atoms with Gasteiger partial charge in [0.1, 0.15) is 0 Å². The van der Waals surface area contributed by atoms with Gasteiger partial charge in [-0.1, -0.05) is 12.1 Å². The summed E-state index contributed by atoms with van der Waals surface area (Å²) < 4.78 is 0. The second-order valence-corrected chi connectivity index (χ2v) is 8.19. The number of carbonyl (C=O) groups excluding carboxylic acids is 2. The summed E-state index contributed by atoms with van der Waals surface area (Å²) in [4.78, 5) is 32.8. The van der Waals surface area contributed by atoms with Crippen LogP contribution in [-0.4, -0.2) is 52.8 Å². The maximum Gasteiger partial charge on any atom is 0.227 e. The van der Waals surface area contributed by atoms with Crippen LogP contribution in [0.2, 0.25) is 0 Å². The summed E-state index contributed by atoms with van der Waals surface area (Å²) in [5.41, 5.74) is 5.76. The van der Waals surface area contributed by atoms with Gasteiger partial charge in [0.15, 0.2) is 0 Å². The average molecular weight is 367 g/mol. The Morgan fingerprint density at radius 2 is 1.67 bits per heavy atom. The highest BCUT2D eigenvalue weighted by atomic mass is 16.2. The molecule has 1 aromatic carbocycles. The van der Waals surface area contributed by atoms with E-state index in [9.17, 15) is 9.59 Å². The highest BCUT2D eigenvalue weighted by Crippen LogP contribution is 2.31. The van der Waals surface area contributed by atoms with E-state index in [0.717, 1.165) is 49.1 Å². The van der Waals surface area contributed by atoms with E-state index in [1.54, 1.807) is 0 Å². The van der Waals surface area contributed by atoms with E-state index in [1.165, 1.54) is 16.5 Å². The first-order valence-corrected chi connectivity index (χ1v) is 10.1. The third-order valence-corrected chi connectivity index (χ3v) is 6.10. The van der Waals surface area contributed by atoms with Gasteiger partial charge < -0.3 is 14.8 Å². The molecule has 144 valence electrons. The van der Waals surface area contributed by atoms with Gasteiger partial charge in [-0.15, -0.1) is 0 Å². The van der Waals surface area contributed by atoms with Crippen molar-refractivity contribution in [1.82, 2.24) is 14.8 Å². The Morgan fingerprint density at radius 3 is 2.41 bits per heavy atom. The Morgan fingerprint density at radius 1 is 1.00 bits per heavy atom. The van der Waals surface area contributed by atoms with E-state index in [1.807, 2.05) is 9.80 Å². The zero-order valence-corrected chi connectivity index (χ0v) is 16.6. The second-order valence-electron chi connectivity index (χ2n) is 8.19. The fraction of sp³-hybridized carbons (Fsp3) is 0.545. The molecule has 1 aliphatic heterocycles. The van der Waals surface area contributed by atoms with Crippen molar-refractivity contribution in [3.05, 3.63) is 34.5 Å². The van der Waals surface area contributed by atoms with Gasteiger partial charge in [-0.25, -0.2) is 0 Å². The first kappa shape index (κ1) is 18.1. The Labute approximate surface area is 160 Å². The number of H-pyrrole nitrogens is 1. The number of aromatic nitrogens is 1. The lowest BCUT2D eigenvalue weighted by Crippen LogP contribution is -2.38. The van der Waals surface area contributed by atoms with Gasteiger partial charge >= 0.3 is 0 Å². The number of aryl methyl sites for hydroxylation is 3. The maximum absolute atomic E-state index is 13.0. The highest BCUT2D eigenvalue weighted by Gasteiger charge is 2.34. The Bertz CT molecular complexity index is 895. The molecule has 1 aromatic heterocycles. The summed E-state index contributed by atoms with van der Waals surface area (Å²) in [7, 11) is 0. The Hall–Kier alpha value is -2.30. The number of amides is 2. The predicted molar refractivity (Wildman–Crippen MR) is 107 cm³/mol. The van der Waals surface area contributed by atoms with Gasteiger partial charge in [0.2, 0.25) is 11.8 Å². The topological polar surface area (TPSA) is 56.4 Å². The molecule has 2 fully saturated rings. The van der Waals surface area contributed by atoms with Crippen molar-refractivity contribution in [2.45, 2.75) is 46.5 Å². The number of hydrogen-bond acceptors (Lipinski definition) is 2. The van der Waals surface area contributed by atoms with E-state index in [4.69, 9.17) is 0 Å². The van der Waals surface area contributed by atoms with Gasteiger partial charge in [-0.3, -0.25) is 9.59 Å². The van der Waals surface area contributed by atoms with Crippen molar-refractivity contribution < 1.29 is 9.59 Å². The van der Waals surface area contributed by atoms with Gasteiger partial charge in [0, 0.05) is 48.7 Å². The summed E-state index contributed by atoms with van der Waals surface area (Å²) in [6, 6.07) is 4.26. The molecule has 1 N–H and O–H groups in total. The lowest BCUT2D eigenvalue weighted by molar-refractivity contribution is -0.134. The van der Waals surface area contributed by atoms with Crippen molar-refractivity contribution in [2.75, 3.05) is 26.2 Å². The molecule has 0 bridgehead atoms. The van der Waals surface area contributed by atoms with E-state index < -0.39 is 0 Å². The molecule has 5 nitrogen and oxygen atoms in total. The summed E-state index contributed by atoms with van der Waals surface area (Å²) in [6.45, 7) is 9.11. The minimum atomic E-state index is 0.167. The zero-order chi connectivity index (χ0) is 19.1. The minimum Gasteiger partial charge on any atom is -0.358 e. The number of fused-ring (bicyclic) bond motifs is 1. The summed E-state index contributed by atoms with van der Waals surface area (Å²) in [5, 5.41) is 1.20. The van der Waals surface area contributed by atoms with Crippen LogP contribution in [-0.2, 0) is 16.0 Å². The zero-order valence-electron chi connectivity index (χ0n) is 16.6. The smallest absolute Gasteiger partial charge is 0.227 e. The van der Waals surface area contributed by atoms with Gasteiger partial charge in [-0.05, 0) is 56.7 Å². The van der Waals surface area contributed by atoms with Gasteiger partial charge in [-0.2, -0.15) is 0 Å². The predicted octanol–water partition coefficient (Wildman–Crippen LogP) is 3.11. The van der Waals surface area contributed by atoms with Crippen molar-refractivity contribution in [2.24, 2.45) is 5.92 Å². The van der Waals surface area contributed by atoms with E-state index >= 15 is 0 Å². The van der Waals surface area contributed by atoms with Crippen LogP contribution in [0.1, 0.15) is 41.6 Å². The van der Waals surface area contributed by atoms with Crippen molar-refractivity contribution >= 4 is 22.7 Å². The highest BCUT2D eigenvalue weighted by molar-refractivity contribution is 5.94. The van der Waals surface area contributed by atoms with E-state index in [2.05, 4.69) is 37.9 Å². The third kappa shape index (κ3) is 3.47. The molecule has 27 heavy (non-hydrogen) atoms. The van der Waals surface area contributed by atoms with Crippen LogP contribution >= 0.6 is 0 Å². The van der Waals surface area contributed by atoms with Crippen LogP contribution in [0, 0.1) is 26.7 Å². The van der Waals surface area contributed by atoms with Crippen molar-refractivity contribution in [3.8, 4) is 0 Å². The van der Waals surface area contributed by atoms with Gasteiger partial charge in [0.05, 0.1) is 6.42 Å². The number of nitrogens with one attached hydrogen (secondary N) is 1. The van der Waals surface area contributed by atoms with Crippen LogP contribution in [0.25, 0.3) is 10.9 Å². The van der Waals surface area contributed by atoms with Crippen LogP contribution in [0.4, 0.5) is 0 Å². The molecular formula is C22H29N3O2. The molecule has 5 heteroatoms. The molecular weight excluding hydrogens is 338 g/mol. The van der Waals surface area contributed by atoms with Gasteiger partial charge in [0.25, 0.3) is 0 Å². The van der Waals surface area contributed by atoms with Crippen LogP contribution < -0.4 is 0 Å². The normalized spacial score (nSPS) is 18.0. The number of nitrogens with zero attached hydrogens (tertiary/aromatic N) is 2. The number of carbonyl (C=O) groups is 2. The number of aromatic amines is 1. The van der Waals surface area contributed by atoms with Crippen LogP contribution in [0.3, 0.4) is 0 Å². The lowest BCUT2D eigenvalue weighted by Gasteiger charge is -2.22. The van der Waals surface area contributed by atoms with E-state index in [-0.39, 0.29) is 11.8 Å². The number of benzene rings is 1.